The maximum absolute atomic E-state index is 9.36. The molecule has 0 aliphatic carbocycles. The fourth-order valence-corrected chi connectivity index (χ4v) is 0.933. The number of nitriles is 1. The average molecular weight is 205 g/mol. The molecule has 0 aliphatic rings. The van der Waals surface area contributed by atoms with Gasteiger partial charge in [-0.25, -0.2) is 0 Å². The van der Waals surface area contributed by atoms with Crippen molar-refractivity contribution in [2.45, 2.75) is 6.42 Å². The van der Waals surface area contributed by atoms with Crippen LogP contribution in [0.1, 0.15) is 12.0 Å². The van der Waals surface area contributed by atoms with E-state index in [1.165, 1.54) is 18.3 Å². The second-order valence-corrected chi connectivity index (χ2v) is 2.82. The van der Waals surface area contributed by atoms with Gasteiger partial charge in [-0.2, -0.15) is 10.4 Å². The normalized spacial score (nSPS) is 10.1. The summed E-state index contributed by atoms with van der Waals surface area (Å²) in [5, 5.41) is 30.4. The molecule has 0 radical (unpaired) electrons. The molecule has 1 aromatic rings. The average Bonchev–Trinajstić information content (AvgIpc) is 2.20. The van der Waals surface area contributed by atoms with E-state index in [0.717, 1.165) is 0 Å². The standard InChI is InChI=1S/C10H11N3O2/c11-4-1-5-12-13-7-8-2-3-9(14)6-10(8)15/h2-3,6-7,12,14-15H,1,5H2. The zero-order valence-electron chi connectivity index (χ0n) is 8.01. The quantitative estimate of drug-likeness (QED) is 0.387. The van der Waals surface area contributed by atoms with Crippen molar-refractivity contribution in [2.24, 2.45) is 5.10 Å². The lowest BCUT2D eigenvalue weighted by molar-refractivity contribution is 0.450. The number of hydrazone groups is 1. The van der Waals surface area contributed by atoms with E-state index in [1.807, 2.05) is 6.07 Å². The maximum Gasteiger partial charge on any atom is 0.128 e. The molecule has 0 spiro atoms. The number of benzene rings is 1. The van der Waals surface area contributed by atoms with Crippen LogP contribution >= 0.6 is 0 Å². The summed E-state index contributed by atoms with van der Waals surface area (Å²) in [6.07, 6.45) is 1.80. The van der Waals surface area contributed by atoms with Crippen LogP contribution in [0.3, 0.4) is 0 Å². The minimum atomic E-state index is -0.0409. The molecule has 5 nitrogen and oxygen atoms in total. The van der Waals surface area contributed by atoms with E-state index >= 15 is 0 Å². The smallest absolute Gasteiger partial charge is 0.128 e. The number of hydrogen-bond donors (Lipinski definition) is 3. The van der Waals surface area contributed by atoms with Crippen molar-refractivity contribution in [3.8, 4) is 17.6 Å². The Balaban J connectivity index is 2.54. The lowest BCUT2D eigenvalue weighted by atomic mass is 10.2. The predicted molar refractivity (Wildman–Crippen MR) is 55.6 cm³/mol. The molecular formula is C10H11N3O2. The summed E-state index contributed by atoms with van der Waals surface area (Å²) in [4.78, 5) is 0. The van der Waals surface area contributed by atoms with Gasteiger partial charge in [-0.05, 0) is 12.1 Å². The first-order valence-corrected chi connectivity index (χ1v) is 4.39. The van der Waals surface area contributed by atoms with Crippen molar-refractivity contribution in [2.75, 3.05) is 6.54 Å². The molecule has 0 bridgehead atoms. The number of phenolic OH excluding ortho intramolecular Hbond substituents is 2. The first-order valence-electron chi connectivity index (χ1n) is 4.39. The second-order valence-electron chi connectivity index (χ2n) is 2.82. The van der Waals surface area contributed by atoms with Crippen molar-refractivity contribution in [1.82, 2.24) is 5.43 Å². The summed E-state index contributed by atoms with van der Waals surface area (Å²) in [6, 6.07) is 6.20. The summed E-state index contributed by atoms with van der Waals surface area (Å²) in [5.74, 6) is -0.0390. The third-order valence-electron chi connectivity index (χ3n) is 1.66. The Morgan fingerprint density at radius 1 is 1.47 bits per heavy atom. The lowest BCUT2D eigenvalue weighted by Crippen LogP contribution is -2.06. The van der Waals surface area contributed by atoms with Gasteiger partial charge < -0.3 is 15.6 Å². The monoisotopic (exact) mass is 205 g/mol. The summed E-state index contributed by atoms with van der Waals surface area (Å²) < 4.78 is 0. The van der Waals surface area contributed by atoms with E-state index in [-0.39, 0.29) is 11.5 Å². The summed E-state index contributed by atoms with van der Waals surface area (Å²) >= 11 is 0. The van der Waals surface area contributed by atoms with E-state index in [4.69, 9.17) is 10.4 Å². The Morgan fingerprint density at radius 3 is 2.93 bits per heavy atom. The Bertz CT molecular complexity index is 396. The van der Waals surface area contributed by atoms with E-state index in [2.05, 4.69) is 10.5 Å². The van der Waals surface area contributed by atoms with E-state index in [1.54, 1.807) is 6.07 Å². The first kappa shape index (κ1) is 10.9. The van der Waals surface area contributed by atoms with Crippen LogP contribution in [0.15, 0.2) is 23.3 Å². The summed E-state index contributed by atoms with van der Waals surface area (Å²) in [6.45, 7) is 0.464. The van der Waals surface area contributed by atoms with Gasteiger partial charge in [0.1, 0.15) is 11.5 Å². The Hall–Kier alpha value is -2.22. The first-order chi connectivity index (χ1) is 7.24. The van der Waals surface area contributed by atoms with Gasteiger partial charge in [-0.15, -0.1) is 0 Å². The van der Waals surface area contributed by atoms with Crippen LogP contribution in [0.5, 0.6) is 11.5 Å². The van der Waals surface area contributed by atoms with Crippen LogP contribution in [0.25, 0.3) is 0 Å². The van der Waals surface area contributed by atoms with Crippen LogP contribution in [0, 0.1) is 11.3 Å². The highest BCUT2D eigenvalue weighted by Crippen LogP contribution is 2.20. The third-order valence-corrected chi connectivity index (χ3v) is 1.66. The van der Waals surface area contributed by atoms with E-state index < -0.39 is 0 Å². The Labute approximate surface area is 87.3 Å². The minimum Gasteiger partial charge on any atom is -0.508 e. The minimum absolute atomic E-state index is 0.00193. The van der Waals surface area contributed by atoms with Crippen LogP contribution in [-0.2, 0) is 0 Å². The highest BCUT2D eigenvalue weighted by atomic mass is 16.3. The number of nitrogens with one attached hydrogen (secondary N) is 1. The molecule has 0 fully saturated rings. The van der Waals surface area contributed by atoms with Gasteiger partial charge >= 0.3 is 0 Å². The molecule has 0 atom stereocenters. The molecule has 0 saturated carbocycles. The largest absolute Gasteiger partial charge is 0.508 e. The molecular weight excluding hydrogens is 194 g/mol. The van der Waals surface area contributed by atoms with Crippen LogP contribution in [0.4, 0.5) is 0 Å². The van der Waals surface area contributed by atoms with Gasteiger partial charge in [0, 0.05) is 18.2 Å². The van der Waals surface area contributed by atoms with Gasteiger partial charge in [-0.1, -0.05) is 0 Å². The molecule has 1 rings (SSSR count). The molecule has 15 heavy (non-hydrogen) atoms. The third kappa shape index (κ3) is 3.56. The summed E-state index contributed by atoms with van der Waals surface area (Å²) in [7, 11) is 0. The van der Waals surface area contributed by atoms with Gasteiger partial charge in [0.15, 0.2) is 0 Å². The second kappa shape index (κ2) is 5.50. The van der Waals surface area contributed by atoms with E-state index in [0.29, 0.717) is 18.5 Å². The molecule has 0 aromatic heterocycles. The molecule has 5 heteroatoms. The molecule has 3 N–H and O–H groups in total. The SMILES string of the molecule is N#CCCNN=Cc1ccc(O)cc1O. The molecule has 0 saturated heterocycles. The predicted octanol–water partition coefficient (Wildman–Crippen LogP) is 0.935. The molecule has 0 unspecified atom stereocenters. The fraction of sp³-hybridized carbons (Fsp3) is 0.200. The van der Waals surface area contributed by atoms with Crippen molar-refractivity contribution in [3.05, 3.63) is 23.8 Å². The van der Waals surface area contributed by atoms with Crippen LogP contribution in [-0.4, -0.2) is 23.0 Å². The van der Waals surface area contributed by atoms with Gasteiger partial charge in [0.25, 0.3) is 0 Å². The van der Waals surface area contributed by atoms with Crippen LogP contribution < -0.4 is 5.43 Å². The zero-order valence-corrected chi connectivity index (χ0v) is 8.01. The number of phenols is 2. The van der Waals surface area contributed by atoms with Crippen molar-refractivity contribution >= 4 is 6.21 Å². The zero-order chi connectivity index (χ0) is 11.1. The number of aromatic hydroxyl groups is 2. The van der Waals surface area contributed by atoms with E-state index in [9.17, 15) is 5.11 Å². The highest BCUT2D eigenvalue weighted by molar-refractivity contribution is 5.83. The molecule has 78 valence electrons. The van der Waals surface area contributed by atoms with Crippen molar-refractivity contribution in [1.29, 1.82) is 5.26 Å². The van der Waals surface area contributed by atoms with Crippen molar-refractivity contribution in [3.63, 3.8) is 0 Å². The Kier molecular flexibility index (Phi) is 3.98. The fourth-order valence-electron chi connectivity index (χ4n) is 0.933. The molecule has 0 heterocycles. The van der Waals surface area contributed by atoms with Gasteiger partial charge in [0.2, 0.25) is 0 Å². The molecule has 0 aliphatic heterocycles. The molecule has 0 amide bonds. The van der Waals surface area contributed by atoms with Gasteiger partial charge in [0.05, 0.1) is 18.7 Å². The van der Waals surface area contributed by atoms with Crippen LogP contribution in [0.2, 0.25) is 0 Å². The Morgan fingerprint density at radius 2 is 2.27 bits per heavy atom. The van der Waals surface area contributed by atoms with Gasteiger partial charge in [-0.3, -0.25) is 0 Å². The number of rotatable bonds is 4. The maximum atomic E-state index is 9.36. The highest BCUT2D eigenvalue weighted by Gasteiger charge is 1.98. The lowest BCUT2D eigenvalue weighted by Gasteiger charge is -1.99. The van der Waals surface area contributed by atoms with Crippen molar-refractivity contribution < 1.29 is 10.2 Å². The number of nitrogens with zero attached hydrogens (tertiary/aromatic N) is 2. The molecule has 1 aromatic carbocycles. The topological polar surface area (TPSA) is 88.6 Å². The number of hydrogen-bond acceptors (Lipinski definition) is 5. The summed E-state index contributed by atoms with van der Waals surface area (Å²) in [5.41, 5.74) is 3.15.